The van der Waals surface area contributed by atoms with Crippen LogP contribution in [0, 0.1) is 6.92 Å². The molecule has 0 saturated carbocycles. The maximum Gasteiger partial charge on any atom is 0.408 e. The number of hydrogen-bond acceptors (Lipinski definition) is 5. The predicted molar refractivity (Wildman–Crippen MR) is 106 cm³/mol. The zero-order chi connectivity index (χ0) is 22.3. The Morgan fingerprint density at radius 1 is 1.13 bits per heavy atom. The van der Waals surface area contributed by atoms with Gasteiger partial charge in [0.25, 0.3) is 5.91 Å². The number of aryl methyl sites for hydroxylation is 1. The highest BCUT2D eigenvalue weighted by Crippen LogP contribution is 2.37. The third kappa shape index (κ3) is 3.92. The molecule has 0 spiro atoms. The predicted octanol–water partition coefficient (Wildman–Crippen LogP) is 3.99. The van der Waals surface area contributed by atoms with Crippen LogP contribution in [0.15, 0.2) is 36.8 Å². The van der Waals surface area contributed by atoms with E-state index in [-0.39, 0.29) is 12.5 Å². The van der Waals surface area contributed by atoms with Gasteiger partial charge in [-0.25, -0.2) is 4.98 Å². The highest BCUT2D eigenvalue weighted by atomic mass is 19.4. The number of alkyl halides is 3. The van der Waals surface area contributed by atoms with Crippen molar-refractivity contribution in [3.63, 3.8) is 0 Å². The van der Waals surface area contributed by atoms with Crippen molar-refractivity contribution in [3.05, 3.63) is 53.5 Å². The molecule has 1 amide bonds. The SMILES string of the molecule is COc1cc(OC)c(-c2cc(C)c3c(c2)CN(c2cnn(CC(F)(F)F)c2)C3=O)cn1. The molecule has 1 aromatic carbocycles. The number of nitrogens with zero attached hydrogens (tertiary/aromatic N) is 4. The summed E-state index contributed by atoms with van der Waals surface area (Å²) in [5.41, 5.74) is 3.91. The Morgan fingerprint density at radius 3 is 2.58 bits per heavy atom. The molecule has 0 saturated heterocycles. The van der Waals surface area contributed by atoms with E-state index in [1.165, 1.54) is 24.4 Å². The van der Waals surface area contributed by atoms with Crippen molar-refractivity contribution in [2.45, 2.75) is 26.2 Å². The fourth-order valence-electron chi connectivity index (χ4n) is 3.71. The molecule has 0 bridgehead atoms. The van der Waals surface area contributed by atoms with Crippen molar-refractivity contribution in [1.82, 2.24) is 14.8 Å². The molecule has 4 rings (SSSR count). The number of carbonyl (C=O) groups excluding carboxylic acids is 1. The molecule has 7 nitrogen and oxygen atoms in total. The summed E-state index contributed by atoms with van der Waals surface area (Å²) in [5.74, 6) is 0.710. The molecule has 10 heteroatoms. The first-order chi connectivity index (χ1) is 14.7. The normalized spacial score (nSPS) is 13.5. The minimum Gasteiger partial charge on any atom is -0.496 e. The van der Waals surface area contributed by atoms with Crippen molar-refractivity contribution >= 4 is 11.6 Å². The smallest absolute Gasteiger partial charge is 0.408 e. The van der Waals surface area contributed by atoms with E-state index in [1.54, 1.807) is 19.4 Å². The Labute approximate surface area is 176 Å². The fraction of sp³-hybridized carbons (Fsp3) is 0.286. The molecule has 0 radical (unpaired) electrons. The number of pyridine rings is 1. The summed E-state index contributed by atoms with van der Waals surface area (Å²) in [6.07, 6.45) is -0.265. The van der Waals surface area contributed by atoms with Gasteiger partial charge in [0.15, 0.2) is 0 Å². The highest BCUT2D eigenvalue weighted by molar-refractivity contribution is 6.11. The Hall–Kier alpha value is -3.56. The van der Waals surface area contributed by atoms with E-state index < -0.39 is 12.7 Å². The van der Waals surface area contributed by atoms with Crippen LogP contribution >= 0.6 is 0 Å². The molecule has 3 heterocycles. The fourth-order valence-corrected chi connectivity index (χ4v) is 3.71. The van der Waals surface area contributed by atoms with Crippen LogP contribution in [0.4, 0.5) is 18.9 Å². The zero-order valence-corrected chi connectivity index (χ0v) is 17.0. The van der Waals surface area contributed by atoms with Crippen LogP contribution in [0.5, 0.6) is 11.6 Å². The minimum absolute atomic E-state index is 0.229. The first kappa shape index (κ1) is 20.7. The van der Waals surface area contributed by atoms with Gasteiger partial charge in [-0.3, -0.25) is 9.48 Å². The number of aromatic nitrogens is 3. The van der Waals surface area contributed by atoms with Crippen molar-refractivity contribution in [2.75, 3.05) is 19.1 Å². The Kier molecular flexibility index (Phi) is 5.08. The topological polar surface area (TPSA) is 69.5 Å². The summed E-state index contributed by atoms with van der Waals surface area (Å²) < 4.78 is 49.2. The Morgan fingerprint density at radius 2 is 1.90 bits per heavy atom. The van der Waals surface area contributed by atoms with Crippen molar-refractivity contribution in [1.29, 1.82) is 0 Å². The van der Waals surface area contributed by atoms with Crippen molar-refractivity contribution in [3.8, 4) is 22.8 Å². The molecular weight excluding hydrogens is 413 g/mol. The van der Waals surface area contributed by atoms with E-state index in [9.17, 15) is 18.0 Å². The van der Waals surface area contributed by atoms with E-state index in [4.69, 9.17) is 9.47 Å². The highest BCUT2D eigenvalue weighted by Gasteiger charge is 2.33. The van der Waals surface area contributed by atoms with Crippen LogP contribution in [0.3, 0.4) is 0 Å². The second kappa shape index (κ2) is 7.60. The van der Waals surface area contributed by atoms with Crippen molar-refractivity contribution < 1.29 is 27.4 Å². The number of ether oxygens (including phenoxy) is 2. The number of anilines is 1. The van der Waals surface area contributed by atoms with Gasteiger partial charge < -0.3 is 14.4 Å². The molecule has 2 aromatic heterocycles. The zero-order valence-electron chi connectivity index (χ0n) is 17.0. The lowest BCUT2D eigenvalue weighted by molar-refractivity contribution is -0.142. The van der Waals surface area contributed by atoms with E-state index >= 15 is 0 Å². The van der Waals surface area contributed by atoms with Crippen LogP contribution in [-0.4, -0.2) is 41.1 Å². The number of halogens is 3. The largest absolute Gasteiger partial charge is 0.496 e. The van der Waals surface area contributed by atoms with Gasteiger partial charge in [-0.05, 0) is 29.7 Å². The minimum atomic E-state index is -4.39. The van der Waals surface area contributed by atoms with E-state index in [0.29, 0.717) is 22.9 Å². The molecule has 0 aliphatic carbocycles. The van der Waals surface area contributed by atoms with E-state index in [1.807, 2.05) is 19.1 Å². The van der Waals surface area contributed by atoms with Crippen LogP contribution in [0.25, 0.3) is 11.1 Å². The first-order valence-corrected chi connectivity index (χ1v) is 9.33. The number of amides is 1. The lowest BCUT2D eigenvalue weighted by Crippen LogP contribution is -2.23. The summed E-state index contributed by atoms with van der Waals surface area (Å²) in [5, 5.41) is 3.74. The van der Waals surface area contributed by atoms with Gasteiger partial charge in [-0.1, -0.05) is 6.07 Å². The van der Waals surface area contributed by atoms with Gasteiger partial charge in [-0.15, -0.1) is 0 Å². The van der Waals surface area contributed by atoms with Crippen LogP contribution in [-0.2, 0) is 13.1 Å². The third-order valence-electron chi connectivity index (χ3n) is 5.06. The second-order valence-corrected chi connectivity index (χ2v) is 7.16. The van der Waals surface area contributed by atoms with Gasteiger partial charge in [0, 0.05) is 29.6 Å². The molecular formula is C21H19F3N4O3. The van der Waals surface area contributed by atoms with Crippen LogP contribution < -0.4 is 14.4 Å². The van der Waals surface area contributed by atoms with Gasteiger partial charge >= 0.3 is 6.18 Å². The monoisotopic (exact) mass is 432 g/mol. The average Bonchev–Trinajstić information content (AvgIpc) is 3.30. The molecule has 3 aromatic rings. The number of rotatable bonds is 5. The number of methoxy groups -OCH3 is 2. The molecule has 0 unspecified atom stereocenters. The van der Waals surface area contributed by atoms with Crippen LogP contribution in [0.2, 0.25) is 0 Å². The number of benzene rings is 1. The molecule has 0 atom stereocenters. The Balaban J connectivity index is 1.67. The lowest BCUT2D eigenvalue weighted by atomic mass is 9.96. The lowest BCUT2D eigenvalue weighted by Gasteiger charge is -2.12. The summed E-state index contributed by atoms with van der Waals surface area (Å²) in [6.45, 7) is 0.835. The molecule has 31 heavy (non-hydrogen) atoms. The molecule has 1 aliphatic rings. The van der Waals surface area contributed by atoms with Gasteiger partial charge in [0.05, 0.1) is 32.6 Å². The number of carbonyl (C=O) groups is 1. The van der Waals surface area contributed by atoms with Crippen molar-refractivity contribution in [2.24, 2.45) is 0 Å². The molecule has 0 fully saturated rings. The number of fused-ring (bicyclic) bond motifs is 1. The molecule has 1 aliphatic heterocycles. The van der Waals surface area contributed by atoms with E-state index in [0.717, 1.165) is 26.9 Å². The van der Waals surface area contributed by atoms with Gasteiger partial charge in [0.1, 0.15) is 12.3 Å². The summed E-state index contributed by atoms with van der Waals surface area (Å²) in [4.78, 5) is 18.6. The standard InChI is InChI=1S/C21H19F3N4O3/c1-12-4-13(16-8-25-18(31-3)6-17(16)30-2)5-14-9-28(20(29)19(12)14)15-7-26-27(10-15)11-21(22,23)24/h4-8,10H,9,11H2,1-3H3. The summed E-state index contributed by atoms with van der Waals surface area (Å²) >= 11 is 0. The summed E-state index contributed by atoms with van der Waals surface area (Å²) in [7, 11) is 3.06. The molecule has 0 N–H and O–H groups in total. The second-order valence-electron chi connectivity index (χ2n) is 7.16. The average molecular weight is 432 g/mol. The maximum atomic E-state index is 13.0. The first-order valence-electron chi connectivity index (χ1n) is 9.33. The Bertz CT molecular complexity index is 1160. The molecule has 162 valence electrons. The maximum absolute atomic E-state index is 13.0. The summed E-state index contributed by atoms with van der Waals surface area (Å²) in [6, 6.07) is 5.40. The third-order valence-corrected chi connectivity index (χ3v) is 5.06. The van der Waals surface area contributed by atoms with Crippen LogP contribution in [0.1, 0.15) is 21.5 Å². The van der Waals surface area contributed by atoms with Gasteiger partial charge in [0.2, 0.25) is 5.88 Å². The van der Waals surface area contributed by atoms with E-state index in [2.05, 4.69) is 10.1 Å². The quantitative estimate of drug-likeness (QED) is 0.610. The van der Waals surface area contributed by atoms with Gasteiger partial charge in [-0.2, -0.15) is 18.3 Å². The number of hydrogen-bond donors (Lipinski definition) is 0.